The minimum Gasteiger partial charge on any atom is -0.370 e. The molecule has 0 saturated carbocycles. The van der Waals surface area contributed by atoms with Crippen LogP contribution in [0.15, 0.2) is 24.3 Å². The van der Waals surface area contributed by atoms with E-state index in [0.717, 1.165) is 12.0 Å². The molecule has 2 N–H and O–H groups in total. The van der Waals surface area contributed by atoms with E-state index in [0.29, 0.717) is 26.1 Å². The molecule has 1 aliphatic heterocycles. The van der Waals surface area contributed by atoms with Crippen molar-refractivity contribution in [3.8, 4) is 0 Å². The van der Waals surface area contributed by atoms with Crippen molar-refractivity contribution in [1.82, 2.24) is 4.90 Å². The number of nitrogens with zero attached hydrogens (tertiary/aromatic N) is 1. The number of ether oxygens (including phenoxy) is 1. The molecule has 0 spiro atoms. The zero-order valence-corrected chi connectivity index (χ0v) is 11.7. The first-order chi connectivity index (χ1) is 9.61. The van der Waals surface area contributed by atoms with Gasteiger partial charge in [0.15, 0.2) is 0 Å². The number of benzene rings is 1. The lowest BCUT2D eigenvalue weighted by atomic mass is 10.1. The van der Waals surface area contributed by atoms with E-state index >= 15 is 0 Å². The van der Waals surface area contributed by atoms with Crippen LogP contribution in [0.5, 0.6) is 0 Å². The van der Waals surface area contributed by atoms with Crippen LogP contribution in [0, 0.1) is 5.82 Å². The third-order valence-electron chi connectivity index (χ3n) is 3.54. The average Bonchev–Trinajstić information content (AvgIpc) is 2.47. The zero-order valence-electron chi connectivity index (χ0n) is 11.7. The molecule has 2 atom stereocenters. The van der Waals surface area contributed by atoms with Gasteiger partial charge in [-0.3, -0.25) is 4.79 Å². The summed E-state index contributed by atoms with van der Waals surface area (Å²) in [5.74, 6) is -0.301. The van der Waals surface area contributed by atoms with E-state index in [4.69, 9.17) is 10.5 Å². The molecule has 1 aliphatic rings. The summed E-state index contributed by atoms with van der Waals surface area (Å²) in [5, 5.41) is 0. The van der Waals surface area contributed by atoms with Crippen molar-refractivity contribution in [3.63, 3.8) is 0 Å². The number of hydrogen-bond donors (Lipinski definition) is 1. The number of carbonyl (C=O) groups excluding carboxylic acids is 1. The Labute approximate surface area is 118 Å². The molecule has 1 saturated heterocycles. The molecule has 0 bridgehead atoms. The number of halogens is 1. The second-order valence-corrected chi connectivity index (χ2v) is 5.09. The largest absolute Gasteiger partial charge is 0.370 e. The molecular formula is C15H21FN2O2. The monoisotopic (exact) mass is 280 g/mol. The molecule has 0 aromatic heterocycles. The highest BCUT2D eigenvalue weighted by Gasteiger charge is 2.27. The van der Waals surface area contributed by atoms with E-state index in [1.165, 1.54) is 12.1 Å². The van der Waals surface area contributed by atoms with Crippen LogP contribution in [0.3, 0.4) is 0 Å². The first kappa shape index (κ1) is 14.9. The van der Waals surface area contributed by atoms with Crippen LogP contribution in [0.4, 0.5) is 4.39 Å². The van der Waals surface area contributed by atoms with Crippen molar-refractivity contribution in [2.75, 3.05) is 19.7 Å². The lowest BCUT2D eigenvalue weighted by Gasteiger charge is -2.34. The highest BCUT2D eigenvalue weighted by atomic mass is 19.1. The maximum atomic E-state index is 12.9. The first-order valence-corrected chi connectivity index (χ1v) is 7.03. The van der Waals surface area contributed by atoms with Crippen LogP contribution in [-0.4, -0.2) is 36.5 Å². The molecule has 5 heteroatoms. The number of hydrogen-bond acceptors (Lipinski definition) is 3. The van der Waals surface area contributed by atoms with Crippen molar-refractivity contribution in [3.05, 3.63) is 35.6 Å². The molecule has 1 heterocycles. The van der Waals surface area contributed by atoms with Crippen LogP contribution in [0.2, 0.25) is 0 Å². The van der Waals surface area contributed by atoms with Gasteiger partial charge in [-0.05, 0) is 24.1 Å². The summed E-state index contributed by atoms with van der Waals surface area (Å²) in [6.07, 6.45) is 1.37. The van der Waals surface area contributed by atoms with Gasteiger partial charge in [0.25, 0.3) is 0 Å². The van der Waals surface area contributed by atoms with E-state index in [9.17, 15) is 9.18 Å². The van der Waals surface area contributed by atoms with E-state index in [-0.39, 0.29) is 17.8 Å². The molecule has 110 valence electrons. The van der Waals surface area contributed by atoms with Gasteiger partial charge in [0.1, 0.15) is 11.9 Å². The van der Waals surface area contributed by atoms with Crippen molar-refractivity contribution in [1.29, 1.82) is 0 Å². The summed E-state index contributed by atoms with van der Waals surface area (Å²) < 4.78 is 18.6. The second kappa shape index (κ2) is 6.81. The topological polar surface area (TPSA) is 55.6 Å². The van der Waals surface area contributed by atoms with E-state index in [1.807, 2.05) is 6.92 Å². The molecular weight excluding hydrogens is 259 g/mol. The molecule has 1 aromatic rings. The summed E-state index contributed by atoms with van der Waals surface area (Å²) in [6.45, 7) is 3.52. The fourth-order valence-electron chi connectivity index (χ4n) is 2.40. The maximum Gasteiger partial charge on any atom is 0.239 e. The Hall–Kier alpha value is -1.46. The minimum atomic E-state index is -0.438. The lowest BCUT2D eigenvalue weighted by Crippen LogP contribution is -2.49. The first-order valence-electron chi connectivity index (χ1n) is 7.03. The van der Waals surface area contributed by atoms with Gasteiger partial charge >= 0.3 is 0 Å². The van der Waals surface area contributed by atoms with Gasteiger partial charge in [-0.2, -0.15) is 0 Å². The summed E-state index contributed by atoms with van der Waals surface area (Å²) in [5.41, 5.74) is 6.76. The molecule has 1 aromatic carbocycles. The van der Waals surface area contributed by atoms with Crippen LogP contribution in [-0.2, 0) is 9.53 Å². The minimum absolute atomic E-state index is 0.0257. The molecule has 1 fully saturated rings. The Morgan fingerprint density at radius 1 is 1.50 bits per heavy atom. The normalized spacial score (nSPS) is 20.8. The van der Waals surface area contributed by atoms with E-state index in [1.54, 1.807) is 17.0 Å². The Morgan fingerprint density at radius 2 is 2.20 bits per heavy atom. The summed E-state index contributed by atoms with van der Waals surface area (Å²) in [4.78, 5) is 14.0. The van der Waals surface area contributed by atoms with Gasteiger partial charge < -0.3 is 15.4 Å². The second-order valence-electron chi connectivity index (χ2n) is 5.09. The van der Waals surface area contributed by atoms with Gasteiger partial charge in [0, 0.05) is 6.54 Å². The predicted octanol–water partition coefficient (Wildman–Crippen LogP) is 1.85. The molecule has 2 unspecified atom stereocenters. The molecule has 2 rings (SSSR count). The van der Waals surface area contributed by atoms with Gasteiger partial charge in [-0.15, -0.1) is 0 Å². The third-order valence-corrected chi connectivity index (χ3v) is 3.54. The van der Waals surface area contributed by atoms with Gasteiger partial charge in [0.2, 0.25) is 5.91 Å². The lowest BCUT2D eigenvalue weighted by molar-refractivity contribution is -0.140. The van der Waals surface area contributed by atoms with E-state index in [2.05, 4.69) is 0 Å². The third kappa shape index (κ3) is 3.55. The van der Waals surface area contributed by atoms with Crippen LogP contribution in [0.1, 0.15) is 31.4 Å². The molecule has 20 heavy (non-hydrogen) atoms. The van der Waals surface area contributed by atoms with Crippen molar-refractivity contribution in [2.24, 2.45) is 5.73 Å². The standard InChI is InChI=1S/C15H21FN2O2/c1-2-3-13(17)15(19)18-8-9-20-14(10-18)11-4-6-12(16)7-5-11/h4-7,13-14H,2-3,8-10,17H2,1H3. The van der Waals surface area contributed by atoms with Crippen molar-refractivity contribution in [2.45, 2.75) is 31.9 Å². The quantitative estimate of drug-likeness (QED) is 0.915. The molecule has 0 aliphatic carbocycles. The van der Waals surface area contributed by atoms with Gasteiger partial charge in [0.05, 0.1) is 19.2 Å². The molecule has 0 radical (unpaired) electrons. The summed E-state index contributed by atoms with van der Waals surface area (Å²) in [7, 11) is 0. The highest BCUT2D eigenvalue weighted by Crippen LogP contribution is 2.23. The Balaban J connectivity index is 2.01. The van der Waals surface area contributed by atoms with Gasteiger partial charge in [-0.1, -0.05) is 25.5 Å². The Kier molecular flexibility index (Phi) is 5.09. The van der Waals surface area contributed by atoms with Crippen LogP contribution < -0.4 is 5.73 Å². The van der Waals surface area contributed by atoms with Crippen molar-refractivity contribution < 1.29 is 13.9 Å². The average molecular weight is 280 g/mol. The predicted molar refractivity (Wildman–Crippen MR) is 74.6 cm³/mol. The van der Waals surface area contributed by atoms with Crippen LogP contribution >= 0.6 is 0 Å². The summed E-state index contributed by atoms with van der Waals surface area (Å²) >= 11 is 0. The zero-order chi connectivity index (χ0) is 14.5. The Morgan fingerprint density at radius 3 is 2.85 bits per heavy atom. The van der Waals surface area contributed by atoms with E-state index < -0.39 is 6.04 Å². The smallest absolute Gasteiger partial charge is 0.239 e. The fraction of sp³-hybridized carbons (Fsp3) is 0.533. The SMILES string of the molecule is CCCC(N)C(=O)N1CCOC(c2ccc(F)cc2)C1. The number of amides is 1. The maximum absolute atomic E-state index is 12.9. The Bertz CT molecular complexity index is 450. The fourth-order valence-corrected chi connectivity index (χ4v) is 2.40. The number of morpholine rings is 1. The van der Waals surface area contributed by atoms with Crippen LogP contribution in [0.25, 0.3) is 0 Å². The number of rotatable bonds is 4. The van der Waals surface area contributed by atoms with Crippen molar-refractivity contribution >= 4 is 5.91 Å². The molecule has 1 amide bonds. The number of carbonyl (C=O) groups is 1. The summed E-state index contributed by atoms with van der Waals surface area (Å²) in [6, 6.07) is 5.76. The number of nitrogens with two attached hydrogens (primary N) is 1. The van der Waals surface area contributed by atoms with Gasteiger partial charge in [-0.25, -0.2) is 4.39 Å². The molecule has 4 nitrogen and oxygen atoms in total. The highest BCUT2D eigenvalue weighted by molar-refractivity contribution is 5.81.